The molecule has 3 aromatic rings. The van der Waals surface area contributed by atoms with E-state index in [1.54, 1.807) is 24.3 Å². The van der Waals surface area contributed by atoms with Gasteiger partial charge in [-0.3, -0.25) is 4.79 Å². The van der Waals surface area contributed by atoms with E-state index in [-0.39, 0.29) is 24.3 Å². The minimum Gasteiger partial charge on any atom is -0.363 e. The van der Waals surface area contributed by atoms with E-state index in [0.29, 0.717) is 10.6 Å². The Bertz CT molecular complexity index is 1110. The van der Waals surface area contributed by atoms with Crippen molar-refractivity contribution >= 4 is 23.3 Å². The first kappa shape index (κ1) is 22.2. The van der Waals surface area contributed by atoms with Crippen LogP contribution >= 0.6 is 11.6 Å². The lowest BCUT2D eigenvalue weighted by Crippen LogP contribution is -2.36. The SMILES string of the molecule is CCc1ccc([C@H]2C[C@@H](C(F)(F)F)n3ncc(C(=O)NCc4ccccc4Cl)c3N2)cc1. The number of nitrogens with zero attached hydrogens (tertiary/aromatic N) is 2. The fourth-order valence-electron chi connectivity index (χ4n) is 3.85. The number of rotatable bonds is 5. The van der Waals surface area contributed by atoms with Crippen molar-refractivity contribution in [2.75, 3.05) is 5.32 Å². The van der Waals surface area contributed by atoms with Gasteiger partial charge in [0.25, 0.3) is 5.91 Å². The Morgan fingerprint density at radius 1 is 1.22 bits per heavy atom. The molecule has 1 aliphatic rings. The van der Waals surface area contributed by atoms with Crippen LogP contribution in [0, 0.1) is 0 Å². The molecule has 5 nitrogen and oxygen atoms in total. The fourth-order valence-corrected chi connectivity index (χ4v) is 4.05. The van der Waals surface area contributed by atoms with E-state index in [9.17, 15) is 18.0 Å². The summed E-state index contributed by atoms with van der Waals surface area (Å²) in [5.41, 5.74) is 2.59. The summed E-state index contributed by atoms with van der Waals surface area (Å²) >= 11 is 6.12. The van der Waals surface area contributed by atoms with Gasteiger partial charge in [0.15, 0.2) is 6.04 Å². The van der Waals surface area contributed by atoms with Crippen LogP contribution in [0.15, 0.2) is 54.7 Å². The topological polar surface area (TPSA) is 59.0 Å². The predicted octanol–water partition coefficient (Wildman–Crippen LogP) is 5.69. The first-order valence-electron chi connectivity index (χ1n) is 10.3. The highest BCUT2D eigenvalue weighted by Gasteiger charge is 2.47. The molecule has 1 aliphatic heterocycles. The average Bonchev–Trinajstić information content (AvgIpc) is 3.21. The minimum absolute atomic E-state index is 0.0554. The van der Waals surface area contributed by atoms with E-state index >= 15 is 0 Å². The molecule has 2 N–H and O–H groups in total. The number of aromatic nitrogens is 2. The highest BCUT2D eigenvalue weighted by Crippen LogP contribution is 2.44. The molecule has 0 fully saturated rings. The van der Waals surface area contributed by atoms with Crippen molar-refractivity contribution < 1.29 is 18.0 Å². The Hall–Kier alpha value is -3.00. The zero-order valence-electron chi connectivity index (χ0n) is 17.3. The van der Waals surface area contributed by atoms with Gasteiger partial charge in [-0.1, -0.05) is 61.0 Å². The first-order chi connectivity index (χ1) is 15.3. The third kappa shape index (κ3) is 4.46. The molecule has 2 aromatic carbocycles. The van der Waals surface area contributed by atoms with Gasteiger partial charge in [0, 0.05) is 18.0 Å². The molecular formula is C23H22ClF3N4O. The van der Waals surface area contributed by atoms with Crippen LogP contribution in [0.1, 0.15) is 52.5 Å². The van der Waals surface area contributed by atoms with Crippen LogP contribution in [0.2, 0.25) is 5.02 Å². The number of halogens is 4. The standard InChI is InChI=1S/C23H22ClF3N4O/c1-2-14-7-9-15(10-8-14)19-11-20(23(25,26)27)31-21(30-19)17(13-29-31)22(32)28-12-16-5-3-4-6-18(16)24/h3-10,13,19-20,30H,2,11-12H2,1H3,(H,28,32)/t19-,20+/m1/s1. The van der Waals surface area contributed by atoms with Crippen LogP contribution in [0.25, 0.3) is 0 Å². The third-order valence-corrected chi connectivity index (χ3v) is 6.04. The Morgan fingerprint density at radius 3 is 2.59 bits per heavy atom. The summed E-state index contributed by atoms with van der Waals surface area (Å²) in [7, 11) is 0. The number of nitrogens with one attached hydrogen (secondary N) is 2. The number of benzene rings is 2. The summed E-state index contributed by atoms with van der Waals surface area (Å²) in [6.45, 7) is 2.16. The molecule has 32 heavy (non-hydrogen) atoms. The van der Waals surface area contributed by atoms with Gasteiger partial charge in [-0.25, -0.2) is 4.68 Å². The number of carbonyl (C=O) groups is 1. The van der Waals surface area contributed by atoms with Gasteiger partial charge in [-0.15, -0.1) is 0 Å². The lowest BCUT2D eigenvalue weighted by atomic mass is 9.95. The number of carbonyl (C=O) groups excluding carboxylic acids is 1. The monoisotopic (exact) mass is 462 g/mol. The Morgan fingerprint density at radius 2 is 1.94 bits per heavy atom. The zero-order valence-corrected chi connectivity index (χ0v) is 18.0. The van der Waals surface area contributed by atoms with Crippen molar-refractivity contribution in [3.8, 4) is 0 Å². The molecule has 0 radical (unpaired) electrons. The van der Waals surface area contributed by atoms with Crippen molar-refractivity contribution in [3.63, 3.8) is 0 Å². The summed E-state index contributed by atoms with van der Waals surface area (Å²) in [6, 6.07) is 12.1. The normalized spacial score (nSPS) is 18.0. The minimum atomic E-state index is -4.50. The lowest BCUT2D eigenvalue weighted by Gasteiger charge is -2.34. The molecule has 168 valence electrons. The van der Waals surface area contributed by atoms with E-state index in [2.05, 4.69) is 15.7 Å². The second-order valence-corrected chi connectivity index (χ2v) is 8.12. The van der Waals surface area contributed by atoms with Gasteiger partial charge in [-0.05, 0) is 29.2 Å². The van der Waals surface area contributed by atoms with Crippen molar-refractivity contribution in [1.29, 1.82) is 0 Å². The highest BCUT2D eigenvalue weighted by molar-refractivity contribution is 6.31. The van der Waals surface area contributed by atoms with Gasteiger partial charge in [-0.2, -0.15) is 18.3 Å². The quantitative estimate of drug-likeness (QED) is 0.512. The molecule has 1 amide bonds. The summed E-state index contributed by atoms with van der Waals surface area (Å²) in [4.78, 5) is 12.8. The Balaban J connectivity index is 1.61. The second kappa shape index (κ2) is 8.86. The van der Waals surface area contributed by atoms with Crippen molar-refractivity contribution in [2.45, 2.75) is 44.6 Å². The fraction of sp³-hybridized carbons (Fsp3) is 0.304. The van der Waals surface area contributed by atoms with Crippen LogP contribution in [-0.4, -0.2) is 21.9 Å². The molecule has 0 spiro atoms. The summed E-state index contributed by atoms with van der Waals surface area (Å²) in [5.74, 6) is -0.471. The first-order valence-corrected chi connectivity index (χ1v) is 10.7. The van der Waals surface area contributed by atoms with Gasteiger partial charge >= 0.3 is 6.18 Å². The van der Waals surface area contributed by atoms with Crippen LogP contribution in [0.3, 0.4) is 0 Å². The second-order valence-electron chi connectivity index (χ2n) is 7.71. The molecule has 9 heteroatoms. The average molecular weight is 463 g/mol. The molecule has 4 rings (SSSR count). The maximum atomic E-state index is 13.8. The van der Waals surface area contributed by atoms with Gasteiger partial charge in [0.05, 0.1) is 12.2 Å². The number of hydrogen-bond donors (Lipinski definition) is 2. The number of aryl methyl sites for hydroxylation is 1. The molecule has 2 heterocycles. The largest absolute Gasteiger partial charge is 0.410 e. The van der Waals surface area contributed by atoms with Crippen LogP contribution in [0.5, 0.6) is 0 Å². The van der Waals surface area contributed by atoms with Crippen molar-refractivity contribution in [2.24, 2.45) is 0 Å². The van der Waals surface area contributed by atoms with Crippen LogP contribution < -0.4 is 10.6 Å². The number of anilines is 1. The van der Waals surface area contributed by atoms with Crippen LogP contribution in [-0.2, 0) is 13.0 Å². The van der Waals surface area contributed by atoms with Crippen molar-refractivity contribution in [1.82, 2.24) is 15.1 Å². The number of amides is 1. The van der Waals surface area contributed by atoms with Gasteiger partial charge in [0.2, 0.25) is 0 Å². The zero-order chi connectivity index (χ0) is 22.9. The van der Waals surface area contributed by atoms with E-state index < -0.39 is 24.2 Å². The van der Waals surface area contributed by atoms with Crippen molar-refractivity contribution in [3.05, 3.63) is 82.0 Å². The van der Waals surface area contributed by atoms with E-state index in [1.165, 1.54) is 6.20 Å². The van der Waals surface area contributed by atoms with E-state index in [0.717, 1.165) is 22.2 Å². The molecule has 2 atom stereocenters. The highest BCUT2D eigenvalue weighted by atomic mass is 35.5. The maximum Gasteiger partial charge on any atom is 0.410 e. The maximum absolute atomic E-state index is 13.8. The number of hydrogen-bond acceptors (Lipinski definition) is 3. The Kier molecular flexibility index (Phi) is 6.15. The molecule has 0 saturated carbocycles. The molecule has 0 saturated heterocycles. The number of fused-ring (bicyclic) bond motifs is 1. The summed E-state index contributed by atoms with van der Waals surface area (Å²) in [5, 5.41) is 10.2. The predicted molar refractivity (Wildman–Crippen MR) is 117 cm³/mol. The van der Waals surface area contributed by atoms with E-state index in [1.807, 2.05) is 31.2 Å². The van der Waals surface area contributed by atoms with Gasteiger partial charge in [0.1, 0.15) is 11.4 Å². The molecule has 0 unspecified atom stereocenters. The summed E-state index contributed by atoms with van der Waals surface area (Å²) in [6.07, 6.45) is -2.71. The molecule has 0 bridgehead atoms. The molecule has 1 aromatic heterocycles. The van der Waals surface area contributed by atoms with Gasteiger partial charge < -0.3 is 10.6 Å². The molecule has 0 aliphatic carbocycles. The molecular weight excluding hydrogens is 441 g/mol. The Labute approximate surface area is 188 Å². The number of alkyl halides is 3. The van der Waals surface area contributed by atoms with E-state index in [4.69, 9.17) is 11.6 Å². The third-order valence-electron chi connectivity index (χ3n) is 5.67. The van der Waals surface area contributed by atoms with Crippen LogP contribution in [0.4, 0.5) is 19.0 Å². The smallest absolute Gasteiger partial charge is 0.363 e. The summed E-state index contributed by atoms with van der Waals surface area (Å²) < 4.78 is 42.4. The lowest BCUT2D eigenvalue weighted by molar-refractivity contribution is -0.173.